The van der Waals surface area contributed by atoms with E-state index >= 15 is 0 Å². The molecule has 0 aliphatic carbocycles. The van der Waals surface area contributed by atoms with Crippen molar-refractivity contribution in [3.8, 4) is 17.6 Å². The lowest BCUT2D eigenvalue weighted by molar-refractivity contribution is 0.141. The molecule has 0 unspecified atom stereocenters. The molecule has 0 aliphatic rings. The van der Waals surface area contributed by atoms with E-state index in [1.807, 2.05) is 0 Å². The fourth-order valence-corrected chi connectivity index (χ4v) is 0.968. The lowest BCUT2D eigenvalue weighted by Gasteiger charge is -2.08. The number of ether oxygens (including phenoxy) is 1. The van der Waals surface area contributed by atoms with Crippen molar-refractivity contribution in [2.24, 2.45) is 0 Å². The Hall–Kier alpha value is -1.90. The predicted molar refractivity (Wildman–Crippen MR) is 42.1 cm³/mol. The average molecular weight is 200 g/mol. The van der Waals surface area contributed by atoms with E-state index in [-0.39, 0.29) is 11.3 Å². The monoisotopic (exact) mass is 200 g/mol. The molecule has 0 aliphatic heterocycles. The van der Waals surface area contributed by atoms with Gasteiger partial charge in [-0.25, -0.2) is 13.8 Å². The van der Waals surface area contributed by atoms with Crippen LogP contribution in [-0.2, 0) is 0 Å². The third kappa shape index (κ3) is 1.57. The van der Waals surface area contributed by atoms with Gasteiger partial charge in [0.25, 0.3) is 6.43 Å². The van der Waals surface area contributed by atoms with Gasteiger partial charge in [0.2, 0.25) is 0 Å². The summed E-state index contributed by atoms with van der Waals surface area (Å²) in [6.07, 6.45) is -2.06. The topological polar surface area (TPSA) is 66.1 Å². The lowest BCUT2D eigenvalue weighted by atomic mass is 10.2. The lowest BCUT2D eigenvalue weighted by Crippen LogP contribution is -1.99. The van der Waals surface area contributed by atoms with E-state index in [4.69, 9.17) is 10.4 Å². The van der Waals surface area contributed by atoms with Crippen molar-refractivity contribution >= 4 is 0 Å². The zero-order chi connectivity index (χ0) is 10.7. The first-order valence-corrected chi connectivity index (χ1v) is 3.56. The standard InChI is InChI=1S/C8H6F2N2O2/c1-14-7-4(2-11)5(13)3-12-6(7)8(9)10/h3,8,13H,1H3. The minimum absolute atomic E-state index is 0.335. The van der Waals surface area contributed by atoms with Gasteiger partial charge in [-0.05, 0) is 0 Å². The van der Waals surface area contributed by atoms with Crippen molar-refractivity contribution in [3.63, 3.8) is 0 Å². The fourth-order valence-electron chi connectivity index (χ4n) is 0.968. The van der Waals surface area contributed by atoms with Gasteiger partial charge in [0.1, 0.15) is 17.3 Å². The van der Waals surface area contributed by atoms with Gasteiger partial charge in [-0.3, -0.25) is 0 Å². The van der Waals surface area contributed by atoms with Crippen LogP contribution in [0.3, 0.4) is 0 Å². The van der Waals surface area contributed by atoms with Crippen LogP contribution in [0.4, 0.5) is 8.78 Å². The Labute approximate surface area is 78.4 Å². The highest BCUT2D eigenvalue weighted by Crippen LogP contribution is 2.33. The van der Waals surface area contributed by atoms with Crippen molar-refractivity contribution in [3.05, 3.63) is 17.5 Å². The quantitative estimate of drug-likeness (QED) is 0.787. The van der Waals surface area contributed by atoms with Crippen LogP contribution in [0.2, 0.25) is 0 Å². The predicted octanol–water partition coefficient (Wildman–Crippen LogP) is 1.61. The number of rotatable bonds is 2. The Morgan fingerprint density at radius 1 is 1.64 bits per heavy atom. The first kappa shape index (κ1) is 10.2. The molecule has 1 N–H and O–H groups in total. The van der Waals surface area contributed by atoms with Crippen LogP contribution >= 0.6 is 0 Å². The summed E-state index contributed by atoms with van der Waals surface area (Å²) in [5.41, 5.74) is -0.986. The molecule has 14 heavy (non-hydrogen) atoms. The molecule has 6 heteroatoms. The molecule has 1 aromatic rings. The van der Waals surface area contributed by atoms with Crippen LogP contribution < -0.4 is 4.74 Å². The molecule has 0 radical (unpaired) electrons. The van der Waals surface area contributed by atoms with Gasteiger partial charge in [0, 0.05) is 0 Å². The van der Waals surface area contributed by atoms with Crippen molar-refractivity contribution in [1.82, 2.24) is 4.98 Å². The Morgan fingerprint density at radius 3 is 2.71 bits per heavy atom. The minimum atomic E-state index is -2.85. The number of aromatic nitrogens is 1. The molecule has 0 bridgehead atoms. The number of hydrogen-bond acceptors (Lipinski definition) is 4. The van der Waals surface area contributed by atoms with E-state index in [0.29, 0.717) is 0 Å². The summed E-state index contributed by atoms with van der Waals surface area (Å²) < 4.78 is 29.2. The van der Waals surface area contributed by atoms with Gasteiger partial charge in [0.05, 0.1) is 13.3 Å². The van der Waals surface area contributed by atoms with Crippen LogP contribution in [0.5, 0.6) is 11.5 Å². The van der Waals surface area contributed by atoms with Gasteiger partial charge in [-0.2, -0.15) is 5.26 Å². The highest BCUT2D eigenvalue weighted by molar-refractivity contribution is 5.53. The molecule has 0 spiro atoms. The summed E-state index contributed by atoms with van der Waals surface area (Å²) in [6.45, 7) is 0. The van der Waals surface area contributed by atoms with E-state index in [2.05, 4.69) is 9.72 Å². The Balaban J connectivity index is 3.42. The minimum Gasteiger partial charge on any atom is -0.505 e. The molecule has 0 fully saturated rings. The first-order chi connectivity index (χ1) is 6.61. The third-order valence-corrected chi connectivity index (χ3v) is 1.56. The average Bonchev–Trinajstić information content (AvgIpc) is 2.16. The van der Waals surface area contributed by atoms with E-state index in [0.717, 1.165) is 13.3 Å². The molecule has 4 nitrogen and oxygen atoms in total. The smallest absolute Gasteiger partial charge is 0.284 e. The molecule has 0 saturated heterocycles. The van der Waals surface area contributed by atoms with E-state index < -0.39 is 17.9 Å². The maximum Gasteiger partial charge on any atom is 0.284 e. The second kappa shape index (κ2) is 3.87. The molecular formula is C8H6F2N2O2. The maximum absolute atomic E-state index is 12.3. The number of aromatic hydroxyl groups is 1. The number of pyridine rings is 1. The molecule has 0 amide bonds. The van der Waals surface area contributed by atoms with Crippen LogP contribution in [0.1, 0.15) is 17.7 Å². The number of nitriles is 1. The van der Waals surface area contributed by atoms with Crippen LogP contribution in [-0.4, -0.2) is 17.2 Å². The number of nitrogens with zero attached hydrogens (tertiary/aromatic N) is 2. The van der Waals surface area contributed by atoms with Gasteiger partial charge in [-0.15, -0.1) is 0 Å². The van der Waals surface area contributed by atoms with Crippen molar-refractivity contribution < 1.29 is 18.6 Å². The second-order valence-corrected chi connectivity index (χ2v) is 2.35. The number of halogens is 2. The molecule has 1 rings (SSSR count). The van der Waals surface area contributed by atoms with Gasteiger partial charge in [0.15, 0.2) is 11.5 Å². The van der Waals surface area contributed by atoms with Crippen molar-refractivity contribution in [2.75, 3.05) is 7.11 Å². The Bertz CT molecular complexity index is 388. The SMILES string of the molecule is COc1c(C(F)F)ncc(O)c1C#N. The summed E-state index contributed by atoms with van der Waals surface area (Å²) in [5, 5.41) is 17.7. The maximum atomic E-state index is 12.3. The zero-order valence-corrected chi connectivity index (χ0v) is 7.16. The summed E-state index contributed by atoms with van der Waals surface area (Å²) in [4.78, 5) is 3.28. The number of hydrogen-bond donors (Lipinski definition) is 1. The van der Waals surface area contributed by atoms with Crippen LogP contribution in [0.25, 0.3) is 0 Å². The highest BCUT2D eigenvalue weighted by Gasteiger charge is 2.21. The zero-order valence-electron chi connectivity index (χ0n) is 7.16. The second-order valence-electron chi connectivity index (χ2n) is 2.35. The van der Waals surface area contributed by atoms with E-state index in [1.165, 1.54) is 0 Å². The summed E-state index contributed by atoms with van der Waals surface area (Å²) >= 11 is 0. The number of methoxy groups -OCH3 is 1. The molecule has 1 aromatic heterocycles. The summed E-state index contributed by atoms with van der Waals surface area (Å²) in [6, 6.07) is 1.56. The van der Waals surface area contributed by atoms with Crippen molar-refractivity contribution in [1.29, 1.82) is 5.26 Å². The fraction of sp³-hybridized carbons (Fsp3) is 0.250. The Kier molecular flexibility index (Phi) is 2.82. The van der Waals surface area contributed by atoms with Gasteiger partial charge in [-0.1, -0.05) is 0 Å². The molecule has 0 aromatic carbocycles. The van der Waals surface area contributed by atoms with E-state index in [9.17, 15) is 8.78 Å². The molecule has 0 atom stereocenters. The molecular weight excluding hydrogens is 194 g/mol. The highest BCUT2D eigenvalue weighted by atomic mass is 19.3. The van der Waals surface area contributed by atoms with Gasteiger partial charge < -0.3 is 9.84 Å². The normalized spacial score (nSPS) is 9.93. The number of alkyl halides is 2. The molecule has 1 heterocycles. The van der Waals surface area contributed by atoms with E-state index in [1.54, 1.807) is 6.07 Å². The van der Waals surface area contributed by atoms with Crippen LogP contribution in [0, 0.1) is 11.3 Å². The van der Waals surface area contributed by atoms with Crippen LogP contribution in [0.15, 0.2) is 6.20 Å². The summed E-state index contributed by atoms with van der Waals surface area (Å²) in [5.74, 6) is -0.865. The third-order valence-electron chi connectivity index (χ3n) is 1.56. The molecule has 0 saturated carbocycles. The van der Waals surface area contributed by atoms with Gasteiger partial charge >= 0.3 is 0 Å². The van der Waals surface area contributed by atoms with Crippen molar-refractivity contribution in [2.45, 2.75) is 6.43 Å². The largest absolute Gasteiger partial charge is 0.505 e. The Morgan fingerprint density at radius 2 is 2.29 bits per heavy atom. The molecule has 74 valence electrons. The summed E-state index contributed by atoms with van der Waals surface area (Å²) in [7, 11) is 1.13. The first-order valence-electron chi connectivity index (χ1n) is 3.56.